The minimum absolute atomic E-state index is 0.0313. The van der Waals surface area contributed by atoms with E-state index in [2.05, 4.69) is 21.2 Å². The van der Waals surface area contributed by atoms with Crippen molar-refractivity contribution >= 4 is 15.9 Å². The van der Waals surface area contributed by atoms with Crippen LogP contribution in [0.2, 0.25) is 0 Å². The lowest BCUT2D eigenvalue weighted by Crippen LogP contribution is -2.35. The zero-order chi connectivity index (χ0) is 10.8. The summed E-state index contributed by atoms with van der Waals surface area (Å²) < 4.78 is 20.0. The van der Waals surface area contributed by atoms with E-state index in [-0.39, 0.29) is 11.9 Å². The predicted molar refractivity (Wildman–Crippen MR) is 60.4 cm³/mol. The maximum atomic E-state index is 13.7. The summed E-state index contributed by atoms with van der Waals surface area (Å²) in [5, 5.41) is 3.26. The molecule has 1 aromatic rings. The average molecular weight is 274 g/mol. The van der Waals surface area contributed by atoms with Crippen LogP contribution in [0.5, 0.6) is 0 Å². The van der Waals surface area contributed by atoms with Crippen LogP contribution in [0, 0.1) is 12.7 Å². The van der Waals surface area contributed by atoms with Gasteiger partial charge in [0.2, 0.25) is 0 Å². The van der Waals surface area contributed by atoms with E-state index in [1.165, 1.54) is 6.07 Å². The number of benzene rings is 1. The number of rotatable bonds is 1. The SMILES string of the molecule is Cc1c(Br)ccc(F)c1C1COCCN1. The summed E-state index contributed by atoms with van der Waals surface area (Å²) in [5.41, 5.74) is 1.65. The second-order valence-corrected chi connectivity index (χ2v) is 4.50. The molecule has 0 aromatic heterocycles. The number of morpholine rings is 1. The van der Waals surface area contributed by atoms with E-state index < -0.39 is 0 Å². The van der Waals surface area contributed by atoms with Gasteiger partial charge in [-0.15, -0.1) is 0 Å². The standard InChI is InChI=1S/C11H13BrFNO/c1-7-8(12)2-3-9(13)11(7)10-6-15-5-4-14-10/h2-3,10,14H,4-6H2,1H3. The average Bonchev–Trinajstić information content (AvgIpc) is 2.26. The van der Waals surface area contributed by atoms with Crippen molar-refractivity contribution in [2.75, 3.05) is 19.8 Å². The molecule has 0 amide bonds. The van der Waals surface area contributed by atoms with Crippen molar-refractivity contribution in [2.24, 2.45) is 0 Å². The summed E-state index contributed by atoms with van der Waals surface area (Å²) in [5.74, 6) is -0.168. The van der Waals surface area contributed by atoms with E-state index in [4.69, 9.17) is 4.74 Å². The van der Waals surface area contributed by atoms with Crippen LogP contribution in [0.4, 0.5) is 4.39 Å². The molecule has 1 atom stereocenters. The summed E-state index contributed by atoms with van der Waals surface area (Å²) in [6.07, 6.45) is 0. The predicted octanol–water partition coefficient (Wildman–Crippen LogP) is 2.56. The summed E-state index contributed by atoms with van der Waals surface area (Å²) in [6.45, 7) is 3.92. The van der Waals surface area contributed by atoms with Gasteiger partial charge in [0.15, 0.2) is 0 Å². The Bertz CT molecular complexity index is 364. The highest BCUT2D eigenvalue weighted by Gasteiger charge is 2.21. The molecule has 2 rings (SSSR count). The Hall–Kier alpha value is -0.450. The van der Waals surface area contributed by atoms with Gasteiger partial charge < -0.3 is 10.1 Å². The summed E-state index contributed by atoms with van der Waals surface area (Å²) in [4.78, 5) is 0. The van der Waals surface area contributed by atoms with Gasteiger partial charge in [-0.3, -0.25) is 0 Å². The summed E-state index contributed by atoms with van der Waals surface area (Å²) >= 11 is 3.41. The molecule has 1 heterocycles. The van der Waals surface area contributed by atoms with E-state index in [9.17, 15) is 4.39 Å². The Morgan fingerprint density at radius 2 is 2.33 bits per heavy atom. The molecule has 1 aliphatic rings. The first-order valence-corrected chi connectivity index (χ1v) is 5.75. The third-order valence-corrected chi connectivity index (χ3v) is 3.52. The first-order chi connectivity index (χ1) is 7.20. The molecular weight excluding hydrogens is 261 g/mol. The fraction of sp³-hybridized carbons (Fsp3) is 0.455. The lowest BCUT2D eigenvalue weighted by molar-refractivity contribution is 0.0755. The lowest BCUT2D eigenvalue weighted by Gasteiger charge is -2.26. The molecule has 4 heteroatoms. The largest absolute Gasteiger partial charge is 0.378 e. The fourth-order valence-corrected chi connectivity index (χ4v) is 2.19. The van der Waals surface area contributed by atoms with E-state index >= 15 is 0 Å². The Kier molecular flexibility index (Phi) is 3.38. The van der Waals surface area contributed by atoms with Crippen molar-refractivity contribution in [2.45, 2.75) is 13.0 Å². The summed E-state index contributed by atoms with van der Waals surface area (Å²) in [6, 6.07) is 3.19. The van der Waals surface area contributed by atoms with Gasteiger partial charge in [0.25, 0.3) is 0 Å². The molecule has 1 unspecified atom stereocenters. The molecule has 1 aliphatic heterocycles. The molecule has 0 aliphatic carbocycles. The van der Waals surface area contributed by atoms with Gasteiger partial charge >= 0.3 is 0 Å². The van der Waals surface area contributed by atoms with Crippen molar-refractivity contribution in [3.8, 4) is 0 Å². The van der Waals surface area contributed by atoms with Gasteiger partial charge in [-0.1, -0.05) is 15.9 Å². The van der Waals surface area contributed by atoms with Crippen molar-refractivity contribution in [1.82, 2.24) is 5.32 Å². The summed E-state index contributed by atoms with van der Waals surface area (Å²) in [7, 11) is 0. The van der Waals surface area contributed by atoms with E-state index in [0.29, 0.717) is 18.8 Å². The number of nitrogens with one attached hydrogen (secondary N) is 1. The van der Waals surface area contributed by atoms with Crippen molar-refractivity contribution in [3.63, 3.8) is 0 Å². The van der Waals surface area contributed by atoms with Gasteiger partial charge in [0.05, 0.1) is 19.3 Å². The number of hydrogen-bond acceptors (Lipinski definition) is 2. The van der Waals surface area contributed by atoms with Gasteiger partial charge in [0.1, 0.15) is 5.82 Å². The number of ether oxygens (including phenoxy) is 1. The normalized spacial score (nSPS) is 21.7. The second-order valence-electron chi connectivity index (χ2n) is 3.65. The van der Waals surface area contributed by atoms with Crippen LogP contribution in [0.3, 0.4) is 0 Å². The van der Waals surface area contributed by atoms with Gasteiger partial charge in [-0.2, -0.15) is 0 Å². The van der Waals surface area contributed by atoms with Crippen LogP contribution in [-0.4, -0.2) is 19.8 Å². The van der Waals surface area contributed by atoms with Crippen molar-refractivity contribution in [1.29, 1.82) is 0 Å². The highest BCUT2D eigenvalue weighted by molar-refractivity contribution is 9.10. The molecule has 1 N–H and O–H groups in total. The molecule has 1 saturated heterocycles. The first kappa shape index (κ1) is 11.0. The molecule has 0 spiro atoms. The van der Waals surface area contributed by atoms with Gasteiger partial charge in [-0.25, -0.2) is 4.39 Å². The Morgan fingerprint density at radius 1 is 1.53 bits per heavy atom. The van der Waals surface area contributed by atoms with Crippen LogP contribution in [0.1, 0.15) is 17.2 Å². The zero-order valence-electron chi connectivity index (χ0n) is 8.52. The Morgan fingerprint density at radius 3 is 3.00 bits per heavy atom. The van der Waals surface area contributed by atoms with Crippen LogP contribution in [0.25, 0.3) is 0 Å². The highest BCUT2D eigenvalue weighted by atomic mass is 79.9. The van der Waals surface area contributed by atoms with Crippen molar-refractivity contribution < 1.29 is 9.13 Å². The molecule has 1 fully saturated rings. The quantitative estimate of drug-likeness (QED) is 0.849. The van der Waals surface area contributed by atoms with E-state index in [1.807, 2.05) is 6.92 Å². The maximum absolute atomic E-state index is 13.7. The first-order valence-electron chi connectivity index (χ1n) is 4.96. The minimum Gasteiger partial charge on any atom is -0.378 e. The molecule has 0 bridgehead atoms. The van der Waals surface area contributed by atoms with Gasteiger partial charge in [-0.05, 0) is 24.6 Å². The highest BCUT2D eigenvalue weighted by Crippen LogP contribution is 2.28. The third-order valence-electron chi connectivity index (χ3n) is 2.67. The molecule has 0 radical (unpaired) electrons. The molecule has 15 heavy (non-hydrogen) atoms. The Labute approximate surface area is 96.9 Å². The molecule has 0 saturated carbocycles. The van der Waals surface area contributed by atoms with Crippen molar-refractivity contribution in [3.05, 3.63) is 33.5 Å². The monoisotopic (exact) mass is 273 g/mol. The van der Waals surface area contributed by atoms with E-state index in [1.54, 1.807) is 6.07 Å². The topological polar surface area (TPSA) is 21.3 Å². The van der Waals surface area contributed by atoms with Crippen LogP contribution >= 0.6 is 15.9 Å². The van der Waals surface area contributed by atoms with Crippen LogP contribution in [0.15, 0.2) is 16.6 Å². The fourth-order valence-electron chi connectivity index (χ4n) is 1.85. The third kappa shape index (κ3) is 2.22. The van der Waals surface area contributed by atoms with E-state index in [0.717, 1.165) is 16.6 Å². The van der Waals surface area contributed by atoms with Crippen LogP contribution in [-0.2, 0) is 4.74 Å². The minimum atomic E-state index is -0.168. The Balaban J connectivity index is 2.36. The molecule has 2 nitrogen and oxygen atoms in total. The zero-order valence-corrected chi connectivity index (χ0v) is 10.1. The second kappa shape index (κ2) is 4.60. The molecular formula is C11H13BrFNO. The van der Waals surface area contributed by atoms with Gasteiger partial charge in [0, 0.05) is 16.6 Å². The smallest absolute Gasteiger partial charge is 0.128 e. The maximum Gasteiger partial charge on any atom is 0.128 e. The molecule has 82 valence electrons. The number of hydrogen-bond donors (Lipinski definition) is 1. The molecule has 1 aromatic carbocycles. The lowest BCUT2D eigenvalue weighted by atomic mass is 10.0. The van der Waals surface area contributed by atoms with Crippen LogP contribution < -0.4 is 5.32 Å². The number of halogens is 2.